The summed E-state index contributed by atoms with van der Waals surface area (Å²) in [7, 11) is -2.64. The minimum absolute atomic E-state index is 0.0202. The molecule has 4 N–H and O–H groups in total. The molecule has 0 spiro atoms. The first-order valence-corrected chi connectivity index (χ1v) is 9.55. The number of hydroxylamine groups is 1. The van der Waals surface area contributed by atoms with Crippen LogP contribution < -0.4 is 10.8 Å². The average Bonchev–Trinajstić information content (AvgIpc) is 2.98. The van der Waals surface area contributed by atoms with Crippen LogP contribution in [0.2, 0.25) is 0 Å². The fourth-order valence-electron chi connectivity index (χ4n) is 2.49. The second-order valence-corrected chi connectivity index (χ2v) is 8.17. The minimum atomic E-state index is -2.64. The lowest BCUT2D eigenvalue weighted by atomic mass is 9.83. The summed E-state index contributed by atoms with van der Waals surface area (Å²) in [6.45, 7) is 0.218. The van der Waals surface area contributed by atoms with Crippen LogP contribution >= 0.6 is 0 Å². The molecule has 0 bridgehead atoms. The summed E-state index contributed by atoms with van der Waals surface area (Å²) in [5, 5.41) is 19.6. The SMILES string of the molecule is C[S@](=N)(=O)CCNc1nonc1C(=NC1Cc2ccc(F)cc21)NO. The van der Waals surface area contributed by atoms with Crippen LogP contribution in [0.15, 0.2) is 27.8 Å². The monoisotopic (exact) mass is 368 g/mol. The number of fused-ring (bicyclic) bond motifs is 1. The van der Waals surface area contributed by atoms with Gasteiger partial charge in [-0.25, -0.2) is 9.02 Å². The second-order valence-electron chi connectivity index (χ2n) is 5.75. The molecule has 0 fully saturated rings. The predicted molar refractivity (Wildman–Crippen MR) is 88.7 cm³/mol. The Morgan fingerprint density at radius 1 is 1.56 bits per heavy atom. The van der Waals surface area contributed by atoms with Gasteiger partial charge in [-0.3, -0.25) is 24.7 Å². The Morgan fingerprint density at radius 2 is 2.36 bits per heavy atom. The van der Waals surface area contributed by atoms with Gasteiger partial charge in [0.05, 0.1) is 6.04 Å². The number of hydrogen-bond acceptors (Lipinski definition) is 8. The number of nitrogens with one attached hydrogen (secondary N) is 3. The number of aliphatic imine (C=N–C) groups is 1. The Bertz CT molecular complexity index is 911. The quantitative estimate of drug-likeness (QED) is 0.343. The van der Waals surface area contributed by atoms with Gasteiger partial charge in [0.25, 0.3) is 0 Å². The molecular formula is C14H17FN6O3S. The topological polar surface area (TPSA) is 136 Å². The molecule has 0 saturated heterocycles. The zero-order chi connectivity index (χ0) is 18.0. The van der Waals surface area contributed by atoms with Gasteiger partial charge >= 0.3 is 0 Å². The third kappa shape index (κ3) is 3.94. The van der Waals surface area contributed by atoms with E-state index < -0.39 is 9.73 Å². The lowest BCUT2D eigenvalue weighted by molar-refractivity contribution is 0.232. The highest BCUT2D eigenvalue weighted by atomic mass is 32.2. The van der Waals surface area contributed by atoms with Crippen molar-refractivity contribution in [2.45, 2.75) is 12.5 Å². The molecule has 134 valence electrons. The zero-order valence-electron chi connectivity index (χ0n) is 13.3. The summed E-state index contributed by atoms with van der Waals surface area (Å²) in [6, 6.07) is 4.20. The van der Waals surface area contributed by atoms with E-state index in [9.17, 15) is 13.8 Å². The largest absolute Gasteiger partial charge is 0.364 e. The molecule has 25 heavy (non-hydrogen) atoms. The van der Waals surface area contributed by atoms with Gasteiger partial charge in [0.1, 0.15) is 5.82 Å². The van der Waals surface area contributed by atoms with E-state index in [2.05, 4.69) is 25.3 Å². The first-order valence-electron chi connectivity index (χ1n) is 7.42. The van der Waals surface area contributed by atoms with Crippen molar-refractivity contribution >= 4 is 21.4 Å². The average molecular weight is 368 g/mol. The molecule has 3 rings (SSSR count). The number of rotatable bonds is 6. The predicted octanol–water partition coefficient (Wildman–Crippen LogP) is 1.32. The van der Waals surface area contributed by atoms with Crippen molar-refractivity contribution < 1.29 is 18.4 Å². The molecule has 1 aromatic heterocycles. The molecule has 1 aromatic carbocycles. The van der Waals surface area contributed by atoms with E-state index in [-0.39, 0.29) is 41.5 Å². The van der Waals surface area contributed by atoms with Gasteiger partial charge in [-0.15, -0.1) is 0 Å². The molecule has 1 aliphatic rings. The molecule has 1 unspecified atom stereocenters. The van der Waals surface area contributed by atoms with Crippen LogP contribution in [0.5, 0.6) is 0 Å². The van der Waals surface area contributed by atoms with E-state index in [4.69, 9.17) is 4.78 Å². The van der Waals surface area contributed by atoms with Crippen LogP contribution in [0.25, 0.3) is 0 Å². The Hall–Kier alpha value is -2.53. The van der Waals surface area contributed by atoms with E-state index in [0.29, 0.717) is 6.42 Å². The van der Waals surface area contributed by atoms with Crippen LogP contribution in [0.1, 0.15) is 22.9 Å². The summed E-state index contributed by atoms with van der Waals surface area (Å²) in [5.74, 6) is -0.0103. The molecule has 0 radical (unpaired) electrons. The maximum absolute atomic E-state index is 13.3. The van der Waals surface area contributed by atoms with Gasteiger partial charge in [0.2, 0.25) is 5.82 Å². The summed E-state index contributed by atoms with van der Waals surface area (Å²) in [4.78, 5) is 4.34. The highest BCUT2D eigenvalue weighted by Gasteiger charge is 2.28. The van der Waals surface area contributed by atoms with Crippen LogP contribution in [-0.4, -0.2) is 44.1 Å². The first kappa shape index (κ1) is 17.3. The van der Waals surface area contributed by atoms with Crippen molar-refractivity contribution in [3.8, 4) is 0 Å². The first-order chi connectivity index (χ1) is 11.9. The number of benzene rings is 1. The van der Waals surface area contributed by atoms with Crippen LogP contribution in [0, 0.1) is 10.6 Å². The van der Waals surface area contributed by atoms with Crippen molar-refractivity contribution in [3.05, 3.63) is 40.8 Å². The van der Waals surface area contributed by atoms with E-state index in [0.717, 1.165) is 11.1 Å². The van der Waals surface area contributed by atoms with Crippen molar-refractivity contribution in [3.63, 3.8) is 0 Å². The summed E-state index contributed by atoms with van der Waals surface area (Å²) in [5.41, 5.74) is 3.84. The molecule has 2 aromatic rings. The Labute approximate surface area is 143 Å². The fraction of sp³-hybridized carbons (Fsp3) is 0.357. The lowest BCUT2D eigenvalue weighted by Crippen LogP contribution is -2.26. The Kier molecular flexibility index (Phi) is 4.68. The molecule has 0 amide bonds. The summed E-state index contributed by atoms with van der Waals surface area (Å²) in [6.07, 6.45) is 1.96. The molecular weight excluding hydrogens is 351 g/mol. The number of halogens is 1. The van der Waals surface area contributed by atoms with Crippen molar-refractivity contribution in [1.82, 2.24) is 15.8 Å². The normalized spacial score (nSPS) is 18.8. The second kappa shape index (κ2) is 6.76. The van der Waals surface area contributed by atoms with Gasteiger partial charge < -0.3 is 5.32 Å². The van der Waals surface area contributed by atoms with Crippen LogP contribution in [-0.2, 0) is 16.1 Å². The highest BCUT2D eigenvalue weighted by Crippen LogP contribution is 2.36. The summed E-state index contributed by atoms with van der Waals surface area (Å²) >= 11 is 0. The van der Waals surface area contributed by atoms with E-state index in [1.54, 1.807) is 6.07 Å². The number of aromatic nitrogens is 2. The number of hydrogen-bond donors (Lipinski definition) is 4. The zero-order valence-corrected chi connectivity index (χ0v) is 14.1. The van der Waals surface area contributed by atoms with E-state index in [1.807, 2.05) is 5.48 Å². The Morgan fingerprint density at radius 3 is 3.08 bits per heavy atom. The molecule has 2 atom stereocenters. The van der Waals surface area contributed by atoms with Gasteiger partial charge in [-0.2, -0.15) is 0 Å². The van der Waals surface area contributed by atoms with Crippen LogP contribution in [0.3, 0.4) is 0 Å². The molecule has 9 nitrogen and oxygen atoms in total. The third-order valence-electron chi connectivity index (χ3n) is 3.77. The van der Waals surface area contributed by atoms with E-state index in [1.165, 1.54) is 18.4 Å². The maximum atomic E-state index is 13.3. The number of anilines is 1. The molecule has 1 heterocycles. The van der Waals surface area contributed by atoms with Gasteiger partial charge in [-0.05, 0) is 40.0 Å². The van der Waals surface area contributed by atoms with Crippen molar-refractivity contribution in [2.24, 2.45) is 4.99 Å². The Balaban J connectivity index is 1.77. The van der Waals surface area contributed by atoms with Crippen molar-refractivity contribution in [2.75, 3.05) is 23.9 Å². The maximum Gasteiger partial charge on any atom is 0.202 e. The van der Waals surface area contributed by atoms with Gasteiger partial charge in [-0.1, -0.05) is 6.07 Å². The fourth-order valence-corrected chi connectivity index (χ4v) is 2.98. The number of amidine groups is 1. The molecule has 1 aliphatic carbocycles. The molecule has 0 saturated carbocycles. The highest BCUT2D eigenvalue weighted by molar-refractivity contribution is 7.91. The van der Waals surface area contributed by atoms with Gasteiger partial charge in [0.15, 0.2) is 11.5 Å². The van der Waals surface area contributed by atoms with E-state index >= 15 is 0 Å². The van der Waals surface area contributed by atoms with Crippen LogP contribution in [0.4, 0.5) is 10.2 Å². The molecule has 0 aliphatic heterocycles. The minimum Gasteiger partial charge on any atom is -0.364 e. The third-order valence-corrected chi connectivity index (χ3v) is 4.75. The standard InChI is InChI=1S/C14H17FN6O3S/c1-25(16,23)5-4-17-13-12(20-24-21-13)14(19-22)18-11-6-8-2-3-9(15)7-10(8)11/h2-3,7,11,16,22H,4-6H2,1H3,(H,17,21)(H,18,19)/t11?,25-/m0/s1. The number of nitrogens with zero attached hydrogens (tertiary/aromatic N) is 3. The van der Waals surface area contributed by atoms with Crippen molar-refractivity contribution in [1.29, 1.82) is 4.78 Å². The smallest absolute Gasteiger partial charge is 0.202 e. The molecule has 11 heteroatoms. The lowest BCUT2D eigenvalue weighted by Gasteiger charge is -2.27. The van der Waals surface area contributed by atoms with Gasteiger partial charge in [0, 0.05) is 28.3 Å². The summed E-state index contributed by atoms with van der Waals surface area (Å²) < 4.78 is 36.8.